The number of ether oxygens (including phenoxy) is 3. The van der Waals surface area contributed by atoms with E-state index >= 15 is 0 Å². The molecule has 0 aliphatic heterocycles. The molecule has 1 aliphatic carbocycles. The number of hydrogen-bond acceptors (Lipinski definition) is 5. The van der Waals surface area contributed by atoms with Gasteiger partial charge in [0.1, 0.15) is 6.79 Å². The molecular formula is C15H26O5. The van der Waals surface area contributed by atoms with Crippen molar-refractivity contribution in [3.8, 4) is 0 Å². The monoisotopic (exact) mass is 286 g/mol. The largest absolute Gasteiger partial charge is 0.469 e. The fraction of sp³-hybridized carbons (Fsp3) is 0.800. The smallest absolute Gasteiger partial charge is 0.309 e. The van der Waals surface area contributed by atoms with E-state index in [9.17, 15) is 9.90 Å². The van der Waals surface area contributed by atoms with Gasteiger partial charge in [-0.05, 0) is 12.3 Å². The Kier molecular flexibility index (Phi) is 7.19. The molecule has 0 saturated carbocycles. The van der Waals surface area contributed by atoms with Crippen LogP contribution < -0.4 is 0 Å². The Morgan fingerprint density at radius 1 is 1.35 bits per heavy atom. The Morgan fingerprint density at radius 2 is 2.05 bits per heavy atom. The maximum atomic E-state index is 12.1. The van der Waals surface area contributed by atoms with E-state index < -0.39 is 6.10 Å². The van der Waals surface area contributed by atoms with Crippen LogP contribution in [0.5, 0.6) is 0 Å². The summed E-state index contributed by atoms with van der Waals surface area (Å²) in [5.74, 6) is -0.721. The van der Waals surface area contributed by atoms with Crippen molar-refractivity contribution < 1.29 is 24.1 Å². The predicted octanol–water partition coefficient (Wildman–Crippen LogP) is 1.61. The fourth-order valence-corrected chi connectivity index (χ4v) is 2.81. The molecule has 116 valence electrons. The lowest BCUT2D eigenvalue weighted by Crippen LogP contribution is -2.43. The third-order valence-electron chi connectivity index (χ3n) is 4.04. The highest BCUT2D eigenvalue weighted by Gasteiger charge is 2.42. The molecule has 5 nitrogen and oxygen atoms in total. The molecule has 0 heterocycles. The lowest BCUT2D eigenvalue weighted by molar-refractivity contribution is -0.155. The van der Waals surface area contributed by atoms with Crippen LogP contribution >= 0.6 is 0 Å². The number of hydrogen-bond donors (Lipinski definition) is 1. The van der Waals surface area contributed by atoms with Crippen LogP contribution in [0.15, 0.2) is 12.2 Å². The quantitative estimate of drug-likeness (QED) is 0.333. The number of esters is 1. The molecule has 20 heavy (non-hydrogen) atoms. The minimum atomic E-state index is -0.548. The number of aliphatic hydroxyl groups excluding tert-OH is 1. The highest BCUT2D eigenvalue weighted by atomic mass is 16.7. The van der Waals surface area contributed by atoms with Gasteiger partial charge in [0.15, 0.2) is 0 Å². The summed E-state index contributed by atoms with van der Waals surface area (Å²) in [4.78, 5) is 12.1. The number of allylic oxidation sites excluding steroid dienone is 1. The van der Waals surface area contributed by atoms with Gasteiger partial charge in [0.2, 0.25) is 0 Å². The molecule has 0 amide bonds. The predicted molar refractivity (Wildman–Crippen MR) is 74.9 cm³/mol. The topological polar surface area (TPSA) is 65.0 Å². The van der Waals surface area contributed by atoms with Gasteiger partial charge in [0.05, 0.1) is 25.7 Å². The first-order chi connectivity index (χ1) is 9.56. The third-order valence-corrected chi connectivity index (χ3v) is 4.04. The van der Waals surface area contributed by atoms with Crippen molar-refractivity contribution in [2.75, 3.05) is 27.6 Å². The summed E-state index contributed by atoms with van der Waals surface area (Å²) < 4.78 is 15.2. The van der Waals surface area contributed by atoms with Gasteiger partial charge in [0, 0.05) is 18.9 Å². The highest BCUT2D eigenvalue weighted by Crippen LogP contribution is 2.37. The van der Waals surface area contributed by atoms with Crippen LogP contribution in [-0.2, 0) is 19.0 Å². The van der Waals surface area contributed by atoms with Crippen LogP contribution in [0.4, 0.5) is 0 Å². The van der Waals surface area contributed by atoms with Crippen molar-refractivity contribution in [2.45, 2.75) is 26.4 Å². The van der Waals surface area contributed by atoms with Crippen LogP contribution in [0.1, 0.15) is 20.3 Å². The lowest BCUT2D eigenvalue weighted by atomic mass is 9.69. The van der Waals surface area contributed by atoms with Gasteiger partial charge in [-0.25, -0.2) is 0 Å². The summed E-state index contributed by atoms with van der Waals surface area (Å²) in [6.07, 6.45) is 4.03. The van der Waals surface area contributed by atoms with Crippen LogP contribution in [0.25, 0.3) is 0 Å². The number of methoxy groups -OCH3 is 2. The number of aliphatic hydroxyl groups is 1. The van der Waals surface area contributed by atoms with E-state index in [0.717, 1.165) is 0 Å². The van der Waals surface area contributed by atoms with Crippen LogP contribution in [0, 0.1) is 23.7 Å². The van der Waals surface area contributed by atoms with Gasteiger partial charge >= 0.3 is 5.97 Å². The molecule has 0 bridgehead atoms. The SMILES string of the molecule is CC[C@@H](O)[C@@H]1C=C[C@H](C)[C@H](COCOC)[C@H]1C(=O)OC. The Hall–Kier alpha value is -0.910. The van der Waals surface area contributed by atoms with E-state index in [-0.39, 0.29) is 36.4 Å². The van der Waals surface area contributed by atoms with E-state index in [2.05, 4.69) is 0 Å². The fourth-order valence-electron chi connectivity index (χ4n) is 2.81. The minimum absolute atomic E-state index is 0.0196. The summed E-state index contributed by atoms with van der Waals surface area (Å²) in [6, 6.07) is 0. The van der Waals surface area contributed by atoms with Crippen molar-refractivity contribution in [2.24, 2.45) is 23.7 Å². The van der Waals surface area contributed by atoms with E-state index in [1.165, 1.54) is 7.11 Å². The van der Waals surface area contributed by atoms with Gasteiger partial charge in [-0.15, -0.1) is 0 Å². The Labute approximate surface area is 120 Å². The molecule has 0 aromatic rings. The molecule has 0 spiro atoms. The maximum Gasteiger partial charge on any atom is 0.309 e. The van der Waals surface area contributed by atoms with Crippen molar-refractivity contribution >= 4 is 5.97 Å². The first-order valence-electron chi connectivity index (χ1n) is 7.07. The first kappa shape index (κ1) is 17.1. The van der Waals surface area contributed by atoms with E-state index in [4.69, 9.17) is 14.2 Å². The van der Waals surface area contributed by atoms with Gasteiger partial charge in [-0.3, -0.25) is 4.79 Å². The van der Waals surface area contributed by atoms with Gasteiger partial charge in [-0.2, -0.15) is 0 Å². The van der Waals surface area contributed by atoms with E-state index in [0.29, 0.717) is 13.0 Å². The second-order valence-corrected chi connectivity index (χ2v) is 5.29. The molecule has 5 atom stereocenters. The number of carbonyl (C=O) groups is 1. The number of carbonyl (C=O) groups excluding carboxylic acids is 1. The molecule has 0 aromatic heterocycles. The Morgan fingerprint density at radius 3 is 2.60 bits per heavy atom. The average Bonchev–Trinajstić information content (AvgIpc) is 2.47. The van der Waals surface area contributed by atoms with E-state index in [1.807, 2.05) is 26.0 Å². The third kappa shape index (κ3) is 4.04. The van der Waals surface area contributed by atoms with Gasteiger partial charge in [0.25, 0.3) is 0 Å². The highest BCUT2D eigenvalue weighted by molar-refractivity contribution is 5.74. The standard InChI is InChI=1S/C15H26O5/c1-5-13(16)11-7-6-10(2)12(8-20-9-18-3)14(11)15(17)19-4/h6-7,10-14,16H,5,8-9H2,1-4H3/t10-,11-,12-,13+,14-/m0/s1. The lowest BCUT2D eigenvalue weighted by Gasteiger charge is -2.38. The molecule has 0 unspecified atom stereocenters. The minimum Gasteiger partial charge on any atom is -0.469 e. The van der Waals surface area contributed by atoms with Crippen molar-refractivity contribution in [3.63, 3.8) is 0 Å². The Bertz CT molecular complexity index is 328. The van der Waals surface area contributed by atoms with E-state index in [1.54, 1.807) is 7.11 Å². The summed E-state index contributed by atoms with van der Waals surface area (Å²) in [6.45, 7) is 4.55. The van der Waals surface area contributed by atoms with Crippen LogP contribution in [-0.4, -0.2) is 44.8 Å². The summed E-state index contributed by atoms with van der Waals surface area (Å²) in [5.41, 5.74) is 0. The van der Waals surface area contributed by atoms with Gasteiger partial charge < -0.3 is 19.3 Å². The van der Waals surface area contributed by atoms with Gasteiger partial charge in [-0.1, -0.05) is 26.0 Å². The normalized spacial score (nSPS) is 31.1. The second kappa shape index (κ2) is 8.39. The van der Waals surface area contributed by atoms with Crippen LogP contribution in [0.2, 0.25) is 0 Å². The molecule has 1 rings (SSSR count). The van der Waals surface area contributed by atoms with Crippen molar-refractivity contribution in [3.05, 3.63) is 12.2 Å². The molecule has 0 saturated heterocycles. The molecular weight excluding hydrogens is 260 g/mol. The summed E-state index contributed by atoms with van der Waals surface area (Å²) >= 11 is 0. The zero-order valence-electron chi connectivity index (χ0n) is 12.7. The average molecular weight is 286 g/mol. The Balaban J connectivity index is 2.91. The molecule has 0 fully saturated rings. The molecule has 5 heteroatoms. The van der Waals surface area contributed by atoms with Crippen molar-refractivity contribution in [1.29, 1.82) is 0 Å². The molecule has 0 radical (unpaired) electrons. The van der Waals surface area contributed by atoms with Crippen molar-refractivity contribution in [1.82, 2.24) is 0 Å². The molecule has 1 N–H and O–H groups in total. The maximum absolute atomic E-state index is 12.1. The second-order valence-electron chi connectivity index (χ2n) is 5.29. The zero-order chi connectivity index (χ0) is 15.1. The summed E-state index contributed by atoms with van der Waals surface area (Å²) in [5, 5.41) is 10.1. The molecule has 0 aromatic carbocycles. The van der Waals surface area contributed by atoms with Crippen LogP contribution in [0.3, 0.4) is 0 Å². The zero-order valence-corrected chi connectivity index (χ0v) is 12.7. The molecule has 1 aliphatic rings. The first-order valence-corrected chi connectivity index (χ1v) is 7.07. The number of rotatable bonds is 7. The summed E-state index contributed by atoms with van der Waals surface area (Å²) in [7, 11) is 2.94.